The fraction of sp³-hybridized carbons (Fsp3) is 0.192. The fourth-order valence-electron chi connectivity index (χ4n) is 4.14. The molecule has 1 amide bonds. The van der Waals surface area contributed by atoms with Gasteiger partial charge >= 0.3 is 0 Å². The van der Waals surface area contributed by atoms with Crippen molar-refractivity contribution in [3.63, 3.8) is 0 Å². The van der Waals surface area contributed by atoms with Crippen molar-refractivity contribution in [3.05, 3.63) is 89.9 Å². The van der Waals surface area contributed by atoms with Crippen LogP contribution in [0, 0.1) is 6.92 Å². The van der Waals surface area contributed by atoms with Gasteiger partial charge in [-0.1, -0.05) is 30.3 Å². The van der Waals surface area contributed by atoms with Gasteiger partial charge in [0.05, 0.1) is 17.0 Å². The second kappa shape index (κ2) is 8.19. The first-order valence-corrected chi connectivity index (χ1v) is 10.7. The summed E-state index contributed by atoms with van der Waals surface area (Å²) in [5.41, 5.74) is 6.31. The van der Waals surface area contributed by atoms with E-state index in [0.29, 0.717) is 11.3 Å². The topological polar surface area (TPSA) is 59.8 Å². The number of hydrogen-bond donors (Lipinski definition) is 1. The maximum absolute atomic E-state index is 12.8. The number of anilines is 1. The quantitative estimate of drug-likeness (QED) is 0.484. The lowest BCUT2D eigenvalue weighted by Crippen LogP contribution is -2.14. The van der Waals surface area contributed by atoms with E-state index >= 15 is 0 Å². The molecular formula is C26H24N4O. The van der Waals surface area contributed by atoms with Crippen molar-refractivity contribution in [2.75, 3.05) is 5.32 Å². The number of aryl methyl sites for hydroxylation is 2. The van der Waals surface area contributed by atoms with Crippen LogP contribution in [-0.2, 0) is 13.0 Å². The summed E-state index contributed by atoms with van der Waals surface area (Å²) in [4.78, 5) is 22.1. The number of carbonyl (C=O) groups is 1. The van der Waals surface area contributed by atoms with E-state index in [9.17, 15) is 4.79 Å². The first-order valence-electron chi connectivity index (χ1n) is 10.7. The lowest BCUT2D eigenvalue weighted by molar-refractivity contribution is 0.102. The number of aromatic nitrogens is 3. The van der Waals surface area contributed by atoms with Gasteiger partial charge in [0.25, 0.3) is 5.91 Å². The number of hydrogen-bond acceptors (Lipinski definition) is 3. The average molecular weight is 409 g/mol. The van der Waals surface area contributed by atoms with Crippen LogP contribution in [0.5, 0.6) is 0 Å². The summed E-state index contributed by atoms with van der Waals surface area (Å²) in [6.07, 6.45) is 5.51. The third-order valence-corrected chi connectivity index (χ3v) is 5.80. The van der Waals surface area contributed by atoms with Gasteiger partial charge < -0.3 is 9.88 Å². The molecule has 154 valence electrons. The predicted molar refractivity (Wildman–Crippen MR) is 123 cm³/mol. The van der Waals surface area contributed by atoms with Gasteiger partial charge in [0.15, 0.2) is 0 Å². The molecule has 5 heteroatoms. The summed E-state index contributed by atoms with van der Waals surface area (Å²) < 4.78 is 2.31. The smallest absolute Gasteiger partial charge is 0.257 e. The molecule has 1 N–H and O–H groups in total. The Morgan fingerprint density at radius 1 is 0.935 bits per heavy atom. The summed E-state index contributed by atoms with van der Waals surface area (Å²) in [5, 5.41) is 2.99. The van der Waals surface area contributed by atoms with E-state index in [1.54, 1.807) is 0 Å². The number of pyridine rings is 1. The number of benzene rings is 2. The Bertz CT molecular complexity index is 1230. The van der Waals surface area contributed by atoms with Crippen molar-refractivity contribution < 1.29 is 4.79 Å². The molecule has 5 nitrogen and oxygen atoms in total. The Labute approximate surface area is 181 Å². The Hall–Kier alpha value is -3.73. The number of carbonyl (C=O) groups excluding carboxylic acids is 1. The molecule has 1 aliphatic heterocycles. The van der Waals surface area contributed by atoms with Crippen molar-refractivity contribution in [2.24, 2.45) is 0 Å². The number of amides is 1. The van der Waals surface area contributed by atoms with Crippen molar-refractivity contribution in [1.29, 1.82) is 0 Å². The first kappa shape index (κ1) is 19.2. The Kier molecular flexibility index (Phi) is 5.08. The lowest BCUT2D eigenvalue weighted by Gasteiger charge is -2.16. The molecule has 5 rings (SSSR count). The molecule has 0 aliphatic carbocycles. The van der Waals surface area contributed by atoms with Gasteiger partial charge in [0.1, 0.15) is 5.82 Å². The van der Waals surface area contributed by atoms with Crippen LogP contribution < -0.4 is 5.32 Å². The Morgan fingerprint density at radius 3 is 2.52 bits per heavy atom. The molecule has 0 saturated heterocycles. The van der Waals surface area contributed by atoms with Crippen LogP contribution in [0.2, 0.25) is 0 Å². The van der Waals surface area contributed by atoms with Gasteiger partial charge in [0, 0.05) is 35.2 Å². The summed E-state index contributed by atoms with van der Waals surface area (Å²) in [7, 11) is 0. The number of rotatable bonds is 4. The number of nitrogens with zero attached hydrogens (tertiary/aromatic N) is 3. The minimum absolute atomic E-state index is 0.157. The van der Waals surface area contributed by atoms with E-state index in [2.05, 4.69) is 19.9 Å². The van der Waals surface area contributed by atoms with Crippen LogP contribution in [0.1, 0.15) is 34.6 Å². The zero-order valence-electron chi connectivity index (χ0n) is 17.5. The highest BCUT2D eigenvalue weighted by atomic mass is 16.1. The van der Waals surface area contributed by atoms with Gasteiger partial charge in [-0.15, -0.1) is 0 Å². The second-order valence-corrected chi connectivity index (χ2v) is 7.91. The molecular weight excluding hydrogens is 384 g/mol. The van der Waals surface area contributed by atoms with Crippen LogP contribution in [0.3, 0.4) is 0 Å². The SMILES string of the molecule is Cc1nc(-c2ccccc2)ccc1C(=O)Nc1ccc(-c2ncc3n2CCCC3)cc1. The van der Waals surface area contributed by atoms with E-state index in [-0.39, 0.29) is 5.91 Å². The average Bonchev–Trinajstić information content (AvgIpc) is 3.24. The maximum atomic E-state index is 12.8. The predicted octanol–water partition coefficient (Wildman–Crippen LogP) is 5.51. The van der Waals surface area contributed by atoms with E-state index < -0.39 is 0 Å². The van der Waals surface area contributed by atoms with Gasteiger partial charge in [-0.25, -0.2) is 4.98 Å². The zero-order chi connectivity index (χ0) is 21.2. The summed E-state index contributed by atoms with van der Waals surface area (Å²) in [5.74, 6) is 0.847. The summed E-state index contributed by atoms with van der Waals surface area (Å²) in [6, 6.07) is 21.6. The number of nitrogens with one attached hydrogen (secondary N) is 1. The van der Waals surface area contributed by atoms with Crippen LogP contribution in [0.4, 0.5) is 5.69 Å². The van der Waals surface area contributed by atoms with E-state index in [1.807, 2.05) is 79.9 Å². The van der Waals surface area contributed by atoms with Crippen LogP contribution in [0.15, 0.2) is 72.9 Å². The molecule has 0 radical (unpaired) electrons. The Balaban J connectivity index is 1.32. The van der Waals surface area contributed by atoms with E-state index in [4.69, 9.17) is 0 Å². The molecule has 1 aliphatic rings. The highest BCUT2D eigenvalue weighted by Gasteiger charge is 2.16. The molecule has 31 heavy (non-hydrogen) atoms. The van der Waals surface area contributed by atoms with E-state index in [0.717, 1.165) is 41.3 Å². The number of fused-ring (bicyclic) bond motifs is 1. The summed E-state index contributed by atoms with van der Waals surface area (Å²) in [6.45, 7) is 2.89. The maximum Gasteiger partial charge on any atom is 0.257 e. The molecule has 3 heterocycles. The standard InChI is InChI=1S/C26H24N4O/c1-18-23(14-15-24(28-18)19-7-3-2-4-8-19)26(31)29-21-12-10-20(11-13-21)25-27-17-22-9-5-6-16-30(22)25/h2-4,7-8,10-15,17H,5-6,9,16H2,1H3,(H,29,31). The monoisotopic (exact) mass is 408 g/mol. The Morgan fingerprint density at radius 2 is 1.74 bits per heavy atom. The van der Waals surface area contributed by atoms with E-state index in [1.165, 1.54) is 18.5 Å². The highest BCUT2D eigenvalue weighted by molar-refractivity contribution is 6.05. The van der Waals surface area contributed by atoms with Gasteiger partial charge in [-0.05, 0) is 62.6 Å². The van der Waals surface area contributed by atoms with Crippen molar-refractivity contribution in [1.82, 2.24) is 14.5 Å². The molecule has 0 spiro atoms. The van der Waals surface area contributed by atoms with Crippen molar-refractivity contribution in [2.45, 2.75) is 32.7 Å². The minimum atomic E-state index is -0.157. The van der Waals surface area contributed by atoms with Crippen molar-refractivity contribution >= 4 is 11.6 Å². The van der Waals surface area contributed by atoms with Crippen LogP contribution in [0.25, 0.3) is 22.6 Å². The molecule has 4 aromatic rings. The fourth-order valence-corrected chi connectivity index (χ4v) is 4.14. The molecule has 0 bridgehead atoms. The summed E-state index contributed by atoms with van der Waals surface area (Å²) >= 11 is 0. The molecule has 0 saturated carbocycles. The molecule has 2 aromatic carbocycles. The van der Waals surface area contributed by atoms with Gasteiger partial charge in [-0.2, -0.15) is 0 Å². The highest BCUT2D eigenvalue weighted by Crippen LogP contribution is 2.26. The lowest BCUT2D eigenvalue weighted by atomic mass is 10.1. The van der Waals surface area contributed by atoms with Gasteiger partial charge in [-0.3, -0.25) is 9.78 Å². The third kappa shape index (κ3) is 3.87. The first-order chi connectivity index (χ1) is 15.2. The van der Waals surface area contributed by atoms with Gasteiger partial charge in [0.2, 0.25) is 0 Å². The minimum Gasteiger partial charge on any atom is -0.328 e. The third-order valence-electron chi connectivity index (χ3n) is 5.80. The second-order valence-electron chi connectivity index (χ2n) is 7.91. The normalized spacial score (nSPS) is 12.9. The largest absolute Gasteiger partial charge is 0.328 e. The molecule has 0 fully saturated rings. The molecule has 0 atom stereocenters. The van der Waals surface area contributed by atoms with Crippen LogP contribution >= 0.6 is 0 Å². The number of imidazole rings is 1. The molecule has 0 unspecified atom stereocenters. The van der Waals surface area contributed by atoms with Crippen LogP contribution in [-0.4, -0.2) is 20.4 Å². The van der Waals surface area contributed by atoms with Crippen molar-refractivity contribution in [3.8, 4) is 22.6 Å². The molecule has 2 aromatic heterocycles. The zero-order valence-corrected chi connectivity index (χ0v) is 17.5.